The van der Waals surface area contributed by atoms with Crippen LogP contribution in [-0.2, 0) is 4.79 Å². The van der Waals surface area contributed by atoms with E-state index in [1.54, 1.807) is 0 Å². The fourth-order valence-corrected chi connectivity index (χ4v) is 1.60. The van der Waals surface area contributed by atoms with E-state index >= 15 is 0 Å². The van der Waals surface area contributed by atoms with Gasteiger partial charge in [0.1, 0.15) is 5.75 Å². The molecule has 1 amide bonds. The predicted molar refractivity (Wildman–Crippen MR) is 67.6 cm³/mol. The number of hydrogen-bond donors (Lipinski definition) is 2. The van der Waals surface area contributed by atoms with Crippen molar-refractivity contribution in [2.45, 2.75) is 39.7 Å². The Morgan fingerprint density at radius 3 is 2.76 bits per heavy atom. The zero-order valence-electron chi connectivity index (χ0n) is 10.6. The average Bonchev–Trinajstić information content (AvgIpc) is 2.33. The highest BCUT2D eigenvalue weighted by Gasteiger charge is 2.19. The minimum atomic E-state index is -0.523. The van der Waals surface area contributed by atoms with Crippen molar-refractivity contribution in [1.29, 1.82) is 0 Å². The summed E-state index contributed by atoms with van der Waals surface area (Å²) in [6.45, 7) is 6.00. The molecule has 0 saturated carbocycles. The summed E-state index contributed by atoms with van der Waals surface area (Å²) in [5, 5.41) is 0. The Labute approximate surface area is 102 Å². The van der Waals surface area contributed by atoms with E-state index in [9.17, 15) is 4.79 Å². The second kappa shape index (κ2) is 6.25. The third-order valence-corrected chi connectivity index (χ3v) is 2.81. The summed E-state index contributed by atoms with van der Waals surface area (Å²) in [5.74, 6) is 5.60. The molecule has 1 rings (SSSR count). The SMILES string of the molecule is CCCC(Oc1cccc(C)c1C)C(=O)NN. The smallest absolute Gasteiger partial charge is 0.274 e. The van der Waals surface area contributed by atoms with Crippen molar-refractivity contribution in [3.8, 4) is 5.75 Å². The number of hydrogen-bond acceptors (Lipinski definition) is 3. The Hall–Kier alpha value is -1.55. The number of nitrogens with two attached hydrogens (primary N) is 1. The number of ether oxygens (including phenoxy) is 1. The van der Waals surface area contributed by atoms with Crippen LogP contribution >= 0.6 is 0 Å². The van der Waals surface area contributed by atoms with Crippen LogP contribution in [0.15, 0.2) is 18.2 Å². The van der Waals surface area contributed by atoms with Gasteiger partial charge in [-0.05, 0) is 37.5 Å². The van der Waals surface area contributed by atoms with Crippen LogP contribution in [0, 0.1) is 13.8 Å². The molecule has 17 heavy (non-hydrogen) atoms. The highest BCUT2D eigenvalue weighted by Crippen LogP contribution is 2.22. The molecule has 0 radical (unpaired) electrons. The molecule has 0 bridgehead atoms. The average molecular weight is 236 g/mol. The van der Waals surface area contributed by atoms with Crippen molar-refractivity contribution in [2.75, 3.05) is 0 Å². The topological polar surface area (TPSA) is 64.3 Å². The van der Waals surface area contributed by atoms with Gasteiger partial charge in [0.25, 0.3) is 5.91 Å². The molecule has 0 aliphatic heterocycles. The number of nitrogens with one attached hydrogen (secondary N) is 1. The molecule has 0 heterocycles. The Balaban J connectivity index is 2.85. The third-order valence-electron chi connectivity index (χ3n) is 2.81. The fraction of sp³-hybridized carbons (Fsp3) is 0.462. The van der Waals surface area contributed by atoms with Crippen molar-refractivity contribution < 1.29 is 9.53 Å². The lowest BCUT2D eigenvalue weighted by molar-refractivity contribution is -0.128. The van der Waals surface area contributed by atoms with Crippen LogP contribution in [0.3, 0.4) is 0 Å². The normalized spacial score (nSPS) is 12.0. The number of amides is 1. The lowest BCUT2D eigenvalue weighted by Crippen LogP contribution is -2.42. The number of benzene rings is 1. The molecular weight excluding hydrogens is 216 g/mol. The van der Waals surface area contributed by atoms with Gasteiger partial charge >= 0.3 is 0 Å². The lowest BCUT2D eigenvalue weighted by Gasteiger charge is -2.18. The molecule has 3 N–H and O–H groups in total. The first-order valence-electron chi connectivity index (χ1n) is 5.83. The van der Waals surface area contributed by atoms with E-state index in [1.807, 2.05) is 39.0 Å². The Bertz CT molecular complexity index is 391. The molecular formula is C13H20N2O2. The summed E-state index contributed by atoms with van der Waals surface area (Å²) < 4.78 is 5.73. The summed E-state index contributed by atoms with van der Waals surface area (Å²) in [5.41, 5.74) is 4.34. The molecule has 0 saturated heterocycles. The van der Waals surface area contributed by atoms with Crippen LogP contribution in [0.25, 0.3) is 0 Å². The molecule has 0 fully saturated rings. The summed E-state index contributed by atoms with van der Waals surface area (Å²) >= 11 is 0. The third kappa shape index (κ3) is 3.46. The molecule has 0 spiro atoms. The second-order valence-corrected chi connectivity index (χ2v) is 4.10. The molecule has 4 nitrogen and oxygen atoms in total. The van der Waals surface area contributed by atoms with E-state index in [1.165, 1.54) is 0 Å². The fourth-order valence-electron chi connectivity index (χ4n) is 1.60. The quantitative estimate of drug-likeness (QED) is 0.466. The van der Waals surface area contributed by atoms with Gasteiger partial charge in [-0.1, -0.05) is 25.5 Å². The van der Waals surface area contributed by atoms with Gasteiger partial charge in [-0.15, -0.1) is 0 Å². The zero-order chi connectivity index (χ0) is 12.8. The first-order valence-corrected chi connectivity index (χ1v) is 5.83. The standard InChI is InChI=1S/C13H20N2O2/c1-4-6-12(13(16)15-14)17-11-8-5-7-9(2)10(11)3/h5,7-8,12H,4,6,14H2,1-3H3,(H,15,16). The Morgan fingerprint density at radius 1 is 1.47 bits per heavy atom. The molecule has 4 heteroatoms. The summed E-state index contributed by atoms with van der Waals surface area (Å²) in [7, 11) is 0. The van der Waals surface area contributed by atoms with Gasteiger partial charge in [0.05, 0.1) is 0 Å². The van der Waals surface area contributed by atoms with Crippen molar-refractivity contribution >= 4 is 5.91 Å². The maximum atomic E-state index is 11.5. The first kappa shape index (κ1) is 13.5. The van der Waals surface area contributed by atoms with Crippen LogP contribution in [0.1, 0.15) is 30.9 Å². The number of hydrazine groups is 1. The van der Waals surface area contributed by atoms with Crippen molar-refractivity contribution in [3.05, 3.63) is 29.3 Å². The van der Waals surface area contributed by atoms with Crippen molar-refractivity contribution in [2.24, 2.45) is 5.84 Å². The maximum absolute atomic E-state index is 11.5. The molecule has 0 aromatic heterocycles. The van der Waals surface area contributed by atoms with E-state index in [2.05, 4.69) is 5.43 Å². The van der Waals surface area contributed by atoms with Gasteiger partial charge in [0, 0.05) is 0 Å². The maximum Gasteiger partial charge on any atom is 0.274 e. The number of aryl methyl sites for hydroxylation is 1. The van der Waals surface area contributed by atoms with Gasteiger partial charge < -0.3 is 4.74 Å². The molecule has 1 unspecified atom stereocenters. The van der Waals surface area contributed by atoms with Gasteiger partial charge in [-0.2, -0.15) is 0 Å². The predicted octanol–water partition coefficient (Wildman–Crippen LogP) is 1.84. The highest BCUT2D eigenvalue weighted by atomic mass is 16.5. The van der Waals surface area contributed by atoms with E-state index in [4.69, 9.17) is 10.6 Å². The van der Waals surface area contributed by atoms with Gasteiger partial charge in [0.2, 0.25) is 0 Å². The minimum absolute atomic E-state index is 0.284. The number of carbonyl (C=O) groups excluding carboxylic acids is 1. The number of carbonyl (C=O) groups is 1. The lowest BCUT2D eigenvalue weighted by atomic mass is 10.1. The van der Waals surface area contributed by atoms with E-state index < -0.39 is 6.10 Å². The van der Waals surface area contributed by atoms with Crippen LogP contribution in [0.5, 0.6) is 5.75 Å². The van der Waals surface area contributed by atoms with Crippen LogP contribution in [-0.4, -0.2) is 12.0 Å². The molecule has 0 aliphatic rings. The number of rotatable bonds is 5. The van der Waals surface area contributed by atoms with Crippen molar-refractivity contribution in [3.63, 3.8) is 0 Å². The van der Waals surface area contributed by atoms with E-state index in [0.29, 0.717) is 6.42 Å². The Morgan fingerprint density at radius 2 is 2.18 bits per heavy atom. The van der Waals surface area contributed by atoms with E-state index in [-0.39, 0.29) is 5.91 Å². The molecule has 1 aromatic rings. The van der Waals surface area contributed by atoms with Crippen molar-refractivity contribution in [1.82, 2.24) is 5.43 Å². The van der Waals surface area contributed by atoms with Crippen LogP contribution in [0.2, 0.25) is 0 Å². The van der Waals surface area contributed by atoms with Crippen LogP contribution < -0.4 is 16.0 Å². The van der Waals surface area contributed by atoms with Gasteiger partial charge in [-0.25, -0.2) is 5.84 Å². The van der Waals surface area contributed by atoms with Gasteiger partial charge in [-0.3, -0.25) is 10.2 Å². The largest absolute Gasteiger partial charge is 0.480 e. The minimum Gasteiger partial charge on any atom is -0.480 e. The highest BCUT2D eigenvalue weighted by molar-refractivity contribution is 5.80. The monoisotopic (exact) mass is 236 g/mol. The second-order valence-electron chi connectivity index (χ2n) is 4.10. The molecule has 1 aromatic carbocycles. The molecule has 94 valence electrons. The summed E-state index contributed by atoms with van der Waals surface area (Å²) in [4.78, 5) is 11.5. The van der Waals surface area contributed by atoms with E-state index in [0.717, 1.165) is 23.3 Å². The van der Waals surface area contributed by atoms with Gasteiger partial charge in [0.15, 0.2) is 6.10 Å². The zero-order valence-corrected chi connectivity index (χ0v) is 10.6. The van der Waals surface area contributed by atoms with Crippen LogP contribution in [0.4, 0.5) is 0 Å². The first-order chi connectivity index (χ1) is 8.10. The summed E-state index contributed by atoms with van der Waals surface area (Å²) in [6.07, 6.45) is 0.991. The molecule has 0 aliphatic carbocycles. The Kier molecular flexibility index (Phi) is 4.97. The summed E-state index contributed by atoms with van der Waals surface area (Å²) in [6, 6.07) is 5.80. The molecule has 1 atom stereocenters.